The van der Waals surface area contributed by atoms with E-state index < -0.39 is 5.60 Å². The third kappa shape index (κ3) is 8.33. The van der Waals surface area contributed by atoms with Gasteiger partial charge in [0.1, 0.15) is 0 Å². The number of hydrogen-bond acceptors (Lipinski definition) is 1. The predicted molar refractivity (Wildman–Crippen MR) is 106 cm³/mol. The molecule has 0 aliphatic heterocycles. The highest BCUT2D eigenvalue weighted by molar-refractivity contribution is 5.26. The molecule has 1 rings (SSSR count). The topological polar surface area (TPSA) is 20.2 Å². The number of rotatable bonds is 14. The Labute approximate surface area is 150 Å². The average molecular weight is 333 g/mol. The highest BCUT2D eigenvalue weighted by Gasteiger charge is 2.26. The first-order valence-electron chi connectivity index (χ1n) is 10.4. The first-order valence-corrected chi connectivity index (χ1v) is 10.4. The minimum Gasteiger partial charge on any atom is -0.385 e. The molecule has 0 aliphatic rings. The molecule has 0 aromatic heterocycles. The number of benzene rings is 1. The van der Waals surface area contributed by atoms with Gasteiger partial charge in [0.25, 0.3) is 0 Å². The summed E-state index contributed by atoms with van der Waals surface area (Å²) < 4.78 is 0. The number of aryl methyl sites for hydroxylation is 1. The van der Waals surface area contributed by atoms with Crippen molar-refractivity contribution in [1.82, 2.24) is 0 Å². The van der Waals surface area contributed by atoms with E-state index in [0.717, 1.165) is 24.8 Å². The van der Waals surface area contributed by atoms with Crippen LogP contribution in [0.5, 0.6) is 0 Å². The van der Waals surface area contributed by atoms with Gasteiger partial charge in [-0.1, -0.05) is 114 Å². The molecule has 24 heavy (non-hydrogen) atoms. The molecular formula is C23H40O. The molecule has 1 heteroatoms. The van der Waals surface area contributed by atoms with Crippen molar-refractivity contribution >= 4 is 0 Å². The van der Waals surface area contributed by atoms with Crippen molar-refractivity contribution in [2.75, 3.05) is 0 Å². The maximum atomic E-state index is 10.9. The second kappa shape index (κ2) is 12.5. The zero-order chi connectivity index (χ0) is 17.7. The summed E-state index contributed by atoms with van der Waals surface area (Å²) in [5.74, 6) is 0. The molecule has 1 nitrogen and oxygen atoms in total. The maximum Gasteiger partial charge on any atom is 0.0893 e. The predicted octanol–water partition coefficient (Wildman–Crippen LogP) is 7.29. The van der Waals surface area contributed by atoms with Crippen molar-refractivity contribution in [2.45, 2.75) is 110 Å². The van der Waals surface area contributed by atoms with Crippen LogP contribution in [0, 0.1) is 6.92 Å². The van der Waals surface area contributed by atoms with Crippen LogP contribution in [0.25, 0.3) is 0 Å². The Morgan fingerprint density at radius 1 is 0.708 bits per heavy atom. The minimum absolute atomic E-state index is 0.632. The van der Waals surface area contributed by atoms with Gasteiger partial charge in [-0.3, -0.25) is 0 Å². The average Bonchev–Trinajstić information content (AvgIpc) is 2.60. The summed E-state index contributed by atoms with van der Waals surface area (Å²) in [6.45, 7) is 6.47. The lowest BCUT2D eigenvalue weighted by Crippen LogP contribution is -2.24. The third-order valence-corrected chi connectivity index (χ3v) is 5.37. The molecule has 0 amide bonds. The summed E-state index contributed by atoms with van der Waals surface area (Å²) in [4.78, 5) is 0. The Morgan fingerprint density at radius 2 is 1.17 bits per heavy atom. The Balaban J connectivity index is 2.11. The van der Waals surface area contributed by atoms with Gasteiger partial charge in [0.05, 0.1) is 5.60 Å². The van der Waals surface area contributed by atoms with E-state index in [0.29, 0.717) is 0 Å². The zero-order valence-corrected chi connectivity index (χ0v) is 16.4. The van der Waals surface area contributed by atoms with Crippen LogP contribution in [0.4, 0.5) is 0 Å². The van der Waals surface area contributed by atoms with Crippen molar-refractivity contribution in [3.05, 3.63) is 35.4 Å². The highest BCUT2D eigenvalue weighted by atomic mass is 16.3. The minimum atomic E-state index is -0.632. The number of unbranched alkanes of at least 4 members (excludes halogenated alkanes) is 10. The molecule has 0 saturated carbocycles. The van der Waals surface area contributed by atoms with Crippen LogP contribution in [0.2, 0.25) is 0 Å². The maximum absolute atomic E-state index is 10.9. The van der Waals surface area contributed by atoms with E-state index in [9.17, 15) is 5.11 Å². The Hall–Kier alpha value is -0.820. The van der Waals surface area contributed by atoms with Crippen LogP contribution < -0.4 is 0 Å². The fourth-order valence-corrected chi connectivity index (χ4v) is 3.47. The van der Waals surface area contributed by atoms with Gasteiger partial charge >= 0.3 is 0 Å². The normalized spacial score (nSPS) is 13.8. The summed E-state index contributed by atoms with van der Waals surface area (Å²) >= 11 is 0. The SMILES string of the molecule is CCCCCCCCCCCCCC(O)(CC)c1ccc(C)cc1. The van der Waals surface area contributed by atoms with Gasteiger partial charge in [0.15, 0.2) is 0 Å². The molecular weight excluding hydrogens is 292 g/mol. The van der Waals surface area contributed by atoms with Crippen LogP contribution in [-0.2, 0) is 5.60 Å². The van der Waals surface area contributed by atoms with Crippen LogP contribution in [0.15, 0.2) is 24.3 Å². The van der Waals surface area contributed by atoms with Crippen LogP contribution in [0.3, 0.4) is 0 Å². The van der Waals surface area contributed by atoms with E-state index in [2.05, 4.69) is 45.0 Å². The molecule has 1 unspecified atom stereocenters. The molecule has 1 aromatic rings. The Kier molecular flexibility index (Phi) is 11.1. The first-order chi connectivity index (χ1) is 11.6. The number of hydrogen-bond donors (Lipinski definition) is 1. The number of aliphatic hydroxyl groups is 1. The molecule has 0 spiro atoms. The van der Waals surface area contributed by atoms with Gasteiger partial charge in [-0.2, -0.15) is 0 Å². The summed E-state index contributed by atoms with van der Waals surface area (Å²) in [7, 11) is 0. The van der Waals surface area contributed by atoms with E-state index in [4.69, 9.17) is 0 Å². The van der Waals surface area contributed by atoms with Crippen LogP contribution in [-0.4, -0.2) is 5.11 Å². The Morgan fingerprint density at radius 3 is 1.62 bits per heavy atom. The van der Waals surface area contributed by atoms with Gasteiger partial charge in [0, 0.05) is 0 Å². The summed E-state index contributed by atoms with van der Waals surface area (Å²) in [5.41, 5.74) is 1.71. The molecule has 138 valence electrons. The van der Waals surface area contributed by atoms with Gasteiger partial charge in [-0.05, 0) is 25.3 Å². The van der Waals surface area contributed by atoms with Crippen molar-refractivity contribution in [3.63, 3.8) is 0 Å². The Bertz CT molecular complexity index is 409. The first kappa shape index (κ1) is 21.2. The largest absolute Gasteiger partial charge is 0.385 e. The molecule has 0 heterocycles. The smallest absolute Gasteiger partial charge is 0.0893 e. The highest BCUT2D eigenvalue weighted by Crippen LogP contribution is 2.31. The lowest BCUT2D eigenvalue weighted by molar-refractivity contribution is 0.0207. The van der Waals surface area contributed by atoms with Crippen LogP contribution in [0.1, 0.15) is 108 Å². The second-order valence-corrected chi connectivity index (χ2v) is 7.54. The summed E-state index contributed by atoms with van der Waals surface area (Å²) in [6, 6.07) is 8.40. The molecule has 0 aliphatic carbocycles. The molecule has 0 fully saturated rings. The van der Waals surface area contributed by atoms with Gasteiger partial charge < -0.3 is 5.11 Å². The monoisotopic (exact) mass is 332 g/mol. The molecule has 1 aromatic carbocycles. The van der Waals surface area contributed by atoms with Gasteiger partial charge in [-0.25, -0.2) is 0 Å². The summed E-state index contributed by atoms with van der Waals surface area (Å²) in [6.07, 6.45) is 16.6. The van der Waals surface area contributed by atoms with Gasteiger partial charge in [0.2, 0.25) is 0 Å². The van der Waals surface area contributed by atoms with E-state index in [1.54, 1.807) is 0 Å². The van der Waals surface area contributed by atoms with Gasteiger partial charge in [-0.15, -0.1) is 0 Å². The summed E-state index contributed by atoms with van der Waals surface area (Å²) in [5, 5.41) is 10.9. The van der Waals surface area contributed by atoms with Crippen molar-refractivity contribution in [3.8, 4) is 0 Å². The van der Waals surface area contributed by atoms with Crippen LogP contribution >= 0.6 is 0 Å². The van der Waals surface area contributed by atoms with Crippen molar-refractivity contribution < 1.29 is 5.11 Å². The molecule has 0 radical (unpaired) electrons. The van der Waals surface area contributed by atoms with E-state index in [-0.39, 0.29) is 0 Å². The third-order valence-electron chi connectivity index (χ3n) is 5.37. The van der Waals surface area contributed by atoms with E-state index in [1.807, 2.05) is 0 Å². The molecule has 0 saturated heterocycles. The van der Waals surface area contributed by atoms with Crippen molar-refractivity contribution in [2.24, 2.45) is 0 Å². The fraction of sp³-hybridized carbons (Fsp3) is 0.739. The van der Waals surface area contributed by atoms with E-state index in [1.165, 1.54) is 69.8 Å². The zero-order valence-electron chi connectivity index (χ0n) is 16.4. The molecule has 1 atom stereocenters. The second-order valence-electron chi connectivity index (χ2n) is 7.54. The fourth-order valence-electron chi connectivity index (χ4n) is 3.47. The molecule has 1 N–H and O–H groups in total. The quantitative estimate of drug-likeness (QED) is 0.354. The standard InChI is InChI=1S/C23H40O/c1-4-6-7-8-9-10-11-12-13-14-15-20-23(24,5-2)22-18-16-21(3)17-19-22/h16-19,24H,4-15,20H2,1-3H3. The van der Waals surface area contributed by atoms with Crippen molar-refractivity contribution in [1.29, 1.82) is 0 Å². The molecule has 0 bridgehead atoms. The lowest BCUT2D eigenvalue weighted by atomic mass is 9.85. The van der Waals surface area contributed by atoms with E-state index >= 15 is 0 Å². The lowest BCUT2D eigenvalue weighted by Gasteiger charge is -2.27.